The largest absolute Gasteiger partial charge is 0.461 e. The first kappa shape index (κ1) is 18.6. The van der Waals surface area contributed by atoms with Gasteiger partial charge in [0.15, 0.2) is 5.69 Å². The molecule has 140 valence electrons. The maximum atomic E-state index is 13.4. The van der Waals surface area contributed by atoms with Crippen molar-refractivity contribution in [3.05, 3.63) is 71.8 Å². The lowest BCUT2D eigenvalue weighted by Gasteiger charge is -2.15. The number of aromatic nitrogens is 2. The van der Waals surface area contributed by atoms with Gasteiger partial charge in [-0.2, -0.15) is 13.2 Å². The van der Waals surface area contributed by atoms with E-state index in [1.54, 1.807) is 6.92 Å². The number of benzene rings is 2. The summed E-state index contributed by atoms with van der Waals surface area (Å²) in [4.78, 5) is 16.3. The van der Waals surface area contributed by atoms with Crippen molar-refractivity contribution >= 4 is 5.97 Å². The maximum Gasteiger partial charge on any atom is 0.417 e. The van der Waals surface area contributed by atoms with E-state index in [2.05, 4.69) is 4.98 Å². The van der Waals surface area contributed by atoms with Crippen molar-refractivity contribution in [3.63, 3.8) is 0 Å². The molecular weight excluding hydrogens is 364 g/mol. The highest BCUT2D eigenvalue weighted by atomic mass is 19.4. The van der Waals surface area contributed by atoms with Crippen molar-refractivity contribution in [2.75, 3.05) is 6.61 Å². The number of ether oxygens (including phenoxy) is 1. The van der Waals surface area contributed by atoms with E-state index in [0.29, 0.717) is 0 Å². The summed E-state index contributed by atoms with van der Waals surface area (Å²) in [6.45, 7) is 1.69. The molecule has 0 unspecified atom stereocenters. The second kappa shape index (κ2) is 7.22. The Hall–Kier alpha value is -3.16. The molecule has 0 aliphatic rings. The zero-order chi connectivity index (χ0) is 19.6. The lowest BCUT2D eigenvalue weighted by atomic mass is 10.1. The van der Waals surface area contributed by atoms with E-state index in [4.69, 9.17) is 4.74 Å². The van der Waals surface area contributed by atoms with E-state index in [1.165, 1.54) is 34.9 Å². The third kappa shape index (κ3) is 3.69. The van der Waals surface area contributed by atoms with Crippen LogP contribution < -0.4 is 0 Å². The highest BCUT2D eigenvalue weighted by Gasteiger charge is 2.35. The number of imidazole rings is 1. The Morgan fingerprint density at radius 2 is 1.78 bits per heavy atom. The molecule has 3 rings (SSSR count). The fraction of sp³-hybridized carbons (Fsp3) is 0.158. The SMILES string of the molecule is CCOC(=O)c1cnc(-c2ccccc2C(F)(F)F)n1-c1ccc(F)cc1. The summed E-state index contributed by atoms with van der Waals surface area (Å²) in [5.41, 5.74) is -0.876. The number of carbonyl (C=O) groups excluding carboxylic acids is 1. The van der Waals surface area contributed by atoms with E-state index in [0.717, 1.165) is 24.4 Å². The van der Waals surface area contributed by atoms with Crippen LogP contribution in [0.4, 0.5) is 17.6 Å². The van der Waals surface area contributed by atoms with Crippen LogP contribution in [0.15, 0.2) is 54.7 Å². The highest BCUT2D eigenvalue weighted by molar-refractivity contribution is 5.89. The van der Waals surface area contributed by atoms with E-state index in [-0.39, 0.29) is 29.4 Å². The lowest BCUT2D eigenvalue weighted by Crippen LogP contribution is -2.13. The van der Waals surface area contributed by atoms with Crippen LogP contribution in [-0.2, 0) is 10.9 Å². The van der Waals surface area contributed by atoms with Crippen LogP contribution in [-0.4, -0.2) is 22.1 Å². The van der Waals surface area contributed by atoms with Gasteiger partial charge < -0.3 is 4.74 Å². The van der Waals surface area contributed by atoms with Crippen LogP contribution in [0.1, 0.15) is 23.0 Å². The van der Waals surface area contributed by atoms with E-state index >= 15 is 0 Å². The molecule has 8 heteroatoms. The average Bonchev–Trinajstić information content (AvgIpc) is 3.07. The van der Waals surface area contributed by atoms with Crippen LogP contribution in [0.3, 0.4) is 0 Å². The van der Waals surface area contributed by atoms with Crippen molar-refractivity contribution < 1.29 is 27.1 Å². The van der Waals surface area contributed by atoms with Crippen molar-refractivity contribution in [2.24, 2.45) is 0 Å². The standard InChI is InChI=1S/C19H14F4N2O2/c1-2-27-18(26)16-11-24-17(25(16)13-9-7-12(20)8-10-13)14-5-3-4-6-15(14)19(21,22)23/h3-11H,2H2,1H3. The van der Waals surface area contributed by atoms with Gasteiger partial charge in [0.25, 0.3) is 0 Å². The van der Waals surface area contributed by atoms with Gasteiger partial charge in [0.2, 0.25) is 0 Å². The molecule has 0 atom stereocenters. The van der Waals surface area contributed by atoms with Crippen molar-refractivity contribution in [2.45, 2.75) is 13.1 Å². The van der Waals surface area contributed by atoms with Gasteiger partial charge in [0.1, 0.15) is 11.6 Å². The topological polar surface area (TPSA) is 44.1 Å². The maximum absolute atomic E-state index is 13.4. The van der Waals surface area contributed by atoms with Gasteiger partial charge >= 0.3 is 12.1 Å². The monoisotopic (exact) mass is 378 g/mol. The van der Waals surface area contributed by atoms with Crippen molar-refractivity contribution in [1.82, 2.24) is 9.55 Å². The molecule has 27 heavy (non-hydrogen) atoms. The van der Waals surface area contributed by atoms with Crippen LogP contribution >= 0.6 is 0 Å². The molecule has 0 bridgehead atoms. The van der Waals surface area contributed by atoms with Gasteiger partial charge in [-0.25, -0.2) is 14.2 Å². The molecule has 0 radical (unpaired) electrons. The second-order valence-electron chi connectivity index (χ2n) is 5.54. The molecule has 3 aromatic rings. The van der Waals surface area contributed by atoms with E-state index in [1.807, 2.05) is 0 Å². The highest BCUT2D eigenvalue weighted by Crippen LogP contribution is 2.37. The van der Waals surface area contributed by atoms with Crippen LogP contribution in [0.25, 0.3) is 17.1 Å². The van der Waals surface area contributed by atoms with Gasteiger partial charge in [0, 0.05) is 11.3 Å². The molecule has 1 aromatic heterocycles. The van der Waals surface area contributed by atoms with Crippen LogP contribution in [0, 0.1) is 5.82 Å². The van der Waals surface area contributed by atoms with Crippen molar-refractivity contribution in [3.8, 4) is 17.1 Å². The average molecular weight is 378 g/mol. The number of rotatable bonds is 4. The molecule has 0 aliphatic heterocycles. The number of esters is 1. The van der Waals surface area contributed by atoms with Gasteiger partial charge in [0.05, 0.1) is 18.4 Å². The first-order valence-corrected chi connectivity index (χ1v) is 8.00. The van der Waals surface area contributed by atoms with Crippen LogP contribution in [0.2, 0.25) is 0 Å². The van der Waals surface area contributed by atoms with Crippen LogP contribution in [0.5, 0.6) is 0 Å². The molecular formula is C19H14F4N2O2. The summed E-state index contributed by atoms with van der Waals surface area (Å²) in [6, 6.07) is 9.89. The van der Waals surface area contributed by atoms with Gasteiger partial charge in [-0.3, -0.25) is 4.57 Å². The number of halogens is 4. The Morgan fingerprint density at radius 3 is 2.41 bits per heavy atom. The molecule has 0 saturated carbocycles. The fourth-order valence-electron chi connectivity index (χ4n) is 2.67. The summed E-state index contributed by atoms with van der Waals surface area (Å²) >= 11 is 0. The molecule has 0 aliphatic carbocycles. The van der Waals surface area contributed by atoms with Gasteiger partial charge in [-0.15, -0.1) is 0 Å². The van der Waals surface area contributed by atoms with E-state index < -0.39 is 23.5 Å². The number of hydrogen-bond donors (Lipinski definition) is 0. The molecule has 0 spiro atoms. The minimum absolute atomic E-state index is 0.0598. The Balaban J connectivity index is 2.26. The first-order chi connectivity index (χ1) is 12.8. The summed E-state index contributed by atoms with van der Waals surface area (Å²) < 4.78 is 59.8. The second-order valence-corrected chi connectivity index (χ2v) is 5.54. The smallest absolute Gasteiger partial charge is 0.417 e. The Morgan fingerprint density at radius 1 is 1.11 bits per heavy atom. The third-order valence-corrected chi connectivity index (χ3v) is 3.80. The summed E-state index contributed by atoms with van der Waals surface area (Å²) in [7, 11) is 0. The minimum Gasteiger partial charge on any atom is -0.461 e. The van der Waals surface area contributed by atoms with E-state index in [9.17, 15) is 22.4 Å². The number of nitrogens with zero attached hydrogens (tertiary/aromatic N) is 2. The fourth-order valence-corrected chi connectivity index (χ4v) is 2.67. The van der Waals surface area contributed by atoms with Crippen molar-refractivity contribution in [1.29, 1.82) is 0 Å². The Bertz CT molecular complexity index is 963. The molecule has 0 N–H and O–H groups in total. The van der Waals surface area contributed by atoms with Gasteiger partial charge in [-0.05, 0) is 37.3 Å². The molecule has 0 fully saturated rings. The molecule has 4 nitrogen and oxygen atoms in total. The molecule has 2 aromatic carbocycles. The predicted molar refractivity (Wildman–Crippen MR) is 89.9 cm³/mol. The summed E-state index contributed by atoms with van der Waals surface area (Å²) in [5.74, 6) is -1.36. The minimum atomic E-state index is -4.61. The molecule has 0 amide bonds. The Kier molecular flexibility index (Phi) is 4.98. The predicted octanol–water partition coefficient (Wildman–Crippen LogP) is 4.87. The summed E-state index contributed by atoms with van der Waals surface area (Å²) in [6.07, 6.45) is -3.47. The van der Waals surface area contributed by atoms with Gasteiger partial charge in [-0.1, -0.05) is 18.2 Å². The molecule has 0 saturated heterocycles. The number of hydrogen-bond acceptors (Lipinski definition) is 3. The lowest BCUT2D eigenvalue weighted by molar-refractivity contribution is -0.137. The summed E-state index contributed by atoms with van der Waals surface area (Å²) in [5, 5.41) is 0. The first-order valence-electron chi connectivity index (χ1n) is 8.00. The zero-order valence-electron chi connectivity index (χ0n) is 14.1. The third-order valence-electron chi connectivity index (χ3n) is 3.80. The zero-order valence-corrected chi connectivity index (χ0v) is 14.1. The normalized spacial score (nSPS) is 11.4. The molecule has 1 heterocycles. The number of alkyl halides is 3. The quantitative estimate of drug-likeness (QED) is 0.480. The number of carbonyl (C=O) groups is 1. The Labute approximate surface area is 152 Å².